The molecule has 1 atom stereocenters. The van der Waals surface area contributed by atoms with E-state index in [9.17, 15) is 0 Å². The summed E-state index contributed by atoms with van der Waals surface area (Å²) in [6, 6.07) is 0. The highest BCUT2D eigenvalue weighted by Gasteiger charge is 2.36. The molecule has 0 aliphatic heterocycles. The maximum Gasteiger partial charge on any atom is 0.138 e. The zero-order valence-electron chi connectivity index (χ0n) is 7.24. The molecular weight excluding hydrogens is 187 g/mol. The molecule has 0 aliphatic rings. The molecule has 0 saturated heterocycles. The standard InChI is InChI=1S/C7H16ClS.ClH/c1-6(8)7(2,3)9(4)5;/h6H,1-5H3;1H/q+1;/p-1. The molecule has 0 nitrogen and oxygen atoms in total. The Bertz CT molecular complexity index is 79.6. The van der Waals surface area contributed by atoms with Crippen molar-refractivity contribution in [2.24, 2.45) is 0 Å². The molecule has 0 aromatic rings. The molecule has 0 heterocycles. The third-order valence-electron chi connectivity index (χ3n) is 2.01. The highest BCUT2D eigenvalue weighted by Crippen LogP contribution is 2.23. The lowest BCUT2D eigenvalue weighted by Gasteiger charge is -2.23. The zero-order valence-corrected chi connectivity index (χ0v) is 9.57. The van der Waals surface area contributed by atoms with E-state index in [4.69, 9.17) is 11.6 Å². The van der Waals surface area contributed by atoms with Gasteiger partial charge in [-0.25, -0.2) is 0 Å². The van der Waals surface area contributed by atoms with E-state index in [1.807, 2.05) is 0 Å². The Balaban J connectivity index is 0. The van der Waals surface area contributed by atoms with Gasteiger partial charge >= 0.3 is 0 Å². The van der Waals surface area contributed by atoms with Crippen LogP contribution in [-0.2, 0) is 10.9 Å². The van der Waals surface area contributed by atoms with Crippen LogP contribution in [0.3, 0.4) is 0 Å². The second-order valence-electron chi connectivity index (χ2n) is 3.04. The summed E-state index contributed by atoms with van der Waals surface area (Å²) in [5.74, 6) is 0. The van der Waals surface area contributed by atoms with Crippen LogP contribution in [0.15, 0.2) is 0 Å². The Morgan fingerprint density at radius 1 is 1.30 bits per heavy atom. The summed E-state index contributed by atoms with van der Waals surface area (Å²) < 4.78 is 0.293. The molecule has 10 heavy (non-hydrogen) atoms. The van der Waals surface area contributed by atoms with Crippen molar-refractivity contribution in [1.82, 2.24) is 0 Å². The first-order valence-corrected chi connectivity index (χ1v) is 5.58. The third kappa shape index (κ3) is 3.36. The molecular formula is C7H16Cl2S. The Labute approximate surface area is 78.5 Å². The molecule has 0 saturated carbocycles. The minimum atomic E-state index is 0. The van der Waals surface area contributed by atoms with E-state index in [0.29, 0.717) is 15.6 Å². The smallest absolute Gasteiger partial charge is 0.138 e. The van der Waals surface area contributed by atoms with Crippen molar-refractivity contribution in [3.8, 4) is 0 Å². The quantitative estimate of drug-likeness (QED) is 0.410. The van der Waals surface area contributed by atoms with Crippen molar-refractivity contribution in [2.45, 2.75) is 30.9 Å². The van der Waals surface area contributed by atoms with Gasteiger partial charge in [0.15, 0.2) is 0 Å². The molecule has 0 amide bonds. The Morgan fingerprint density at radius 3 is 1.60 bits per heavy atom. The fourth-order valence-electron chi connectivity index (χ4n) is 0.325. The van der Waals surface area contributed by atoms with Crippen LogP contribution in [0.4, 0.5) is 0 Å². The average molecular weight is 203 g/mol. The number of alkyl halides is 1. The van der Waals surface area contributed by atoms with Gasteiger partial charge in [-0.3, -0.25) is 0 Å². The highest BCUT2D eigenvalue weighted by atomic mass is 35.5. The normalized spacial score (nSPS) is 14.7. The summed E-state index contributed by atoms with van der Waals surface area (Å²) in [6.07, 6.45) is 4.47. The van der Waals surface area contributed by atoms with Crippen LogP contribution in [0, 0.1) is 0 Å². The molecule has 0 rings (SSSR count). The van der Waals surface area contributed by atoms with E-state index in [-0.39, 0.29) is 17.8 Å². The van der Waals surface area contributed by atoms with E-state index in [1.54, 1.807) is 0 Å². The summed E-state index contributed by atoms with van der Waals surface area (Å²) in [7, 11) is 0.412. The molecule has 0 aromatic heterocycles. The Kier molecular flexibility index (Phi) is 6.40. The van der Waals surface area contributed by atoms with Gasteiger partial charge in [0.05, 0.1) is 17.9 Å². The van der Waals surface area contributed by atoms with Crippen molar-refractivity contribution in [2.75, 3.05) is 12.5 Å². The van der Waals surface area contributed by atoms with Gasteiger partial charge < -0.3 is 12.4 Å². The Morgan fingerprint density at radius 2 is 1.60 bits per heavy atom. The molecule has 0 bridgehead atoms. The molecule has 0 aromatic carbocycles. The summed E-state index contributed by atoms with van der Waals surface area (Å²) >= 11 is 5.97. The molecule has 0 N–H and O–H groups in total. The first-order chi connectivity index (χ1) is 3.89. The van der Waals surface area contributed by atoms with Crippen LogP contribution in [0.1, 0.15) is 20.8 Å². The summed E-state index contributed by atoms with van der Waals surface area (Å²) in [5.41, 5.74) is 0. The maximum atomic E-state index is 5.97. The van der Waals surface area contributed by atoms with Gasteiger partial charge in [-0.05, 0) is 31.7 Å². The number of rotatable bonds is 2. The lowest BCUT2D eigenvalue weighted by Crippen LogP contribution is -3.00. The summed E-state index contributed by atoms with van der Waals surface area (Å²) in [4.78, 5) is 0. The third-order valence-corrected chi connectivity index (χ3v) is 5.14. The molecule has 0 aliphatic carbocycles. The van der Waals surface area contributed by atoms with Crippen molar-refractivity contribution < 1.29 is 12.4 Å². The largest absolute Gasteiger partial charge is 1.00 e. The van der Waals surface area contributed by atoms with Gasteiger partial charge in [-0.2, -0.15) is 0 Å². The fourth-order valence-corrected chi connectivity index (χ4v) is 1.51. The molecule has 0 fully saturated rings. The van der Waals surface area contributed by atoms with Gasteiger partial charge in [-0.15, -0.1) is 11.6 Å². The topological polar surface area (TPSA) is 0 Å². The SMILES string of the molecule is CC(Cl)C(C)(C)[S+](C)C.[Cl-]. The fraction of sp³-hybridized carbons (Fsp3) is 1.00. The number of halogens is 2. The van der Waals surface area contributed by atoms with Crippen molar-refractivity contribution in [3.63, 3.8) is 0 Å². The van der Waals surface area contributed by atoms with E-state index in [1.165, 1.54) is 0 Å². The predicted octanol–water partition coefficient (Wildman–Crippen LogP) is -0.726. The number of hydrogen-bond donors (Lipinski definition) is 0. The molecule has 3 heteroatoms. The molecule has 0 radical (unpaired) electrons. The van der Waals surface area contributed by atoms with Crippen LogP contribution in [-0.4, -0.2) is 22.6 Å². The number of hydrogen-bond acceptors (Lipinski definition) is 0. The predicted molar refractivity (Wildman–Crippen MR) is 48.6 cm³/mol. The van der Waals surface area contributed by atoms with Crippen LogP contribution in [0.2, 0.25) is 0 Å². The zero-order chi connectivity index (χ0) is 7.65. The van der Waals surface area contributed by atoms with Crippen molar-refractivity contribution in [3.05, 3.63) is 0 Å². The van der Waals surface area contributed by atoms with Gasteiger partial charge in [-0.1, -0.05) is 0 Å². The second-order valence-corrected chi connectivity index (χ2v) is 6.38. The van der Waals surface area contributed by atoms with Gasteiger partial charge in [0.25, 0.3) is 0 Å². The van der Waals surface area contributed by atoms with E-state index < -0.39 is 0 Å². The lowest BCUT2D eigenvalue weighted by atomic mass is 10.1. The van der Waals surface area contributed by atoms with Crippen molar-refractivity contribution >= 4 is 22.5 Å². The minimum Gasteiger partial charge on any atom is -1.00 e. The van der Waals surface area contributed by atoms with E-state index >= 15 is 0 Å². The van der Waals surface area contributed by atoms with Gasteiger partial charge in [0.1, 0.15) is 4.75 Å². The van der Waals surface area contributed by atoms with Crippen LogP contribution < -0.4 is 12.4 Å². The minimum absolute atomic E-state index is 0. The average Bonchev–Trinajstić information content (AvgIpc) is 1.65. The highest BCUT2D eigenvalue weighted by molar-refractivity contribution is 7.96. The lowest BCUT2D eigenvalue weighted by molar-refractivity contribution is -0.00000219. The van der Waals surface area contributed by atoms with E-state index in [2.05, 4.69) is 33.3 Å². The van der Waals surface area contributed by atoms with Gasteiger partial charge in [0.2, 0.25) is 0 Å². The monoisotopic (exact) mass is 202 g/mol. The summed E-state index contributed by atoms with van der Waals surface area (Å²) in [5, 5.41) is 0.274. The van der Waals surface area contributed by atoms with Crippen LogP contribution >= 0.6 is 11.6 Å². The first kappa shape index (κ1) is 13.5. The molecule has 64 valence electrons. The molecule has 0 spiro atoms. The Hall–Kier alpha value is 0.930. The van der Waals surface area contributed by atoms with E-state index in [0.717, 1.165) is 0 Å². The molecule has 1 unspecified atom stereocenters. The van der Waals surface area contributed by atoms with Crippen molar-refractivity contribution in [1.29, 1.82) is 0 Å². The van der Waals surface area contributed by atoms with Gasteiger partial charge in [0, 0.05) is 0 Å². The maximum absolute atomic E-state index is 5.97. The van der Waals surface area contributed by atoms with Crippen LogP contribution in [0.5, 0.6) is 0 Å². The van der Waals surface area contributed by atoms with Crippen LogP contribution in [0.25, 0.3) is 0 Å². The summed E-state index contributed by atoms with van der Waals surface area (Å²) in [6.45, 7) is 6.50. The first-order valence-electron chi connectivity index (χ1n) is 3.10. The second kappa shape index (κ2) is 4.74.